The van der Waals surface area contributed by atoms with E-state index < -0.39 is 0 Å². The van der Waals surface area contributed by atoms with Crippen LogP contribution in [0.5, 0.6) is 0 Å². The molecule has 1 aromatic heterocycles. The van der Waals surface area contributed by atoms with Gasteiger partial charge in [-0.05, 0) is 37.2 Å². The molecule has 1 aliphatic rings. The summed E-state index contributed by atoms with van der Waals surface area (Å²) in [6, 6.07) is 11.0. The highest BCUT2D eigenvalue weighted by Crippen LogP contribution is 2.36. The van der Waals surface area contributed by atoms with Crippen LogP contribution >= 0.6 is 24.0 Å². The van der Waals surface area contributed by atoms with Crippen LogP contribution in [0.3, 0.4) is 0 Å². The van der Waals surface area contributed by atoms with Crippen LogP contribution in [-0.2, 0) is 5.75 Å². The van der Waals surface area contributed by atoms with Crippen LogP contribution in [0, 0.1) is 4.77 Å². The van der Waals surface area contributed by atoms with Gasteiger partial charge in [0.2, 0.25) is 0 Å². The minimum absolute atomic E-state index is 0.590. The number of aromatic amines is 1. The average Bonchev–Trinajstić information content (AvgIpc) is 3.12. The first-order valence-corrected chi connectivity index (χ1v) is 7.07. The lowest BCUT2D eigenvalue weighted by atomic mass is 10.4. The normalized spacial score (nSPS) is 15.1. The maximum absolute atomic E-state index is 5.26. The van der Waals surface area contributed by atoms with Gasteiger partial charge in [-0.25, -0.2) is 0 Å². The molecular weight excluding hydrogens is 250 g/mol. The first-order chi connectivity index (χ1) is 8.34. The summed E-state index contributed by atoms with van der Waals surface area (Å²) in [4.78, 5) is 1.27. The summed E-state index contributed by atoms with van der Waals surface area (Å²) >= 11 is 7.05. The predicted octanol–water partition coefficient (Wildman–Crippen LogP) is 3.57. The molecule has 0 bridgehead atoms. The molecule has 0 spiro atoms. The van der Waals surface area contributed by atoms with Crippen molar-refractivity contribution in [1.29, 1.82) is 0 Å². The Kier molecular flexibility index (Phi) is 3.03. The molecule has 1 N–H and O–H groups in total. The third-order valence-corrected chi connectivity index (χ3v) is 4.10. The Morgan fingerprint density at radius 1 is 1.35 bits per heavy atom. The summed E-state index contributed by atoms with van der Waals surface area (Å²) < 4.78 is 2.93. The molecule has 0 atom stereocenters. The van der Waals surface area contributed by atoms with Crippen LogP contribution in [0.15, 0.2) is 35.2 Å². The molecule has 1 heterocycles. The molecule has 3 nitrogen and oxygen atoms in total. The van der Waals surface area contributed by atoms with E-state index in [1.54, 1.807) is 11.8 Å². The van der Waals surface area contributed by atoms with Gasteiger partial charge in [-0.1, -0.05) is 18.2 Å². The molecule has 0 aliphatic heterocycles. The lowest BCUT2D eigenvalue weighted by Crippen LogP contribution is -2.00. The van der Waals surface area contributed by atoms with E-state index in [1.807, 2.05) is 6.07 Å². The van der Waals surface area contributed by atoms with Crippen LogP contribution in [0.25, 0.3) is 0 Å². The van der Waals surface area contributed by atoms with Gasteiger partial charge in [-0.3, -0.25) is 5.10 Å². The molecule has 2 aromatic rings. The van der Waals surface area contributed by atoms with Crippen LogP contribution in [-0.4, -0.2) is 14.8 Å². The lowest BCUT2D eigenvalue weighted by molar-refractivity contribution is 0.697. The number of nitrogens with zero attached hydrogens (tertiary/aromatic N) is 2. The number of hydrogen-bond donors (Lipinski definition) is 1. The van der Waals surface area contributed by atoms with Crippen molar-refractivity contribution in [1.82, 2.24) is 14.8 Å². The number of nitrogens with one attached hydrogen (secondary N) is 1. The molecule has 3 rings (SSSR count). The molecule has 17 heavy (non-hydrogen) atoms. The highest BCUT2D eigenvalue weighted by Gasteiger charge is 2.26. The van der Waals surface area contributed by atoms with Crippen LogP contribution < -0.4 is 0 Å². The van der Waals surface area contributed by atoms with E-state index in [0.717, 1.165) is 16.3 Å². The van der Waals surface area contributed by atoms with Crippen molar-refractivity contribution in [3.05, 3.63) is 40.9 Å². The first kappa shape index (κ1) is 11.0. The van der Waals surface area contributed by atoms with Gasteiger partial charge in [0.15, 0.2) is 4.77 Å². The summed E-state index contributed by atoms with van der Waals surface area (Å²) in [5, 5.41) is 7.21. The maximum atomic E-state index is 5.26. The van der Waals surface area contributed by atoms with Gasteiger partial charge in [0, 0.05) is 10.9 Å². The largest absolute Gasteiger partial charge is 0.300 e. The molecular formula is C12H13N3S2. The highest BCUT2D eigenvalue weighted by atomic mass is 32.2. The summed E-state index contributed by atoms with van der Waals surface area (Å²) in [6.45, 7) is 0. The van der Waals surface area contributed by atoms with Gasteiger partial charge < -0.3 is 4.57 Å². The molecule has 1 fully saturated rings. The van der Waals surface area contributed by atoms with E-state index in [9.17, 15) is 0 Å². The molecule has 88 valence electrons. The average molecular weight is 263 g/mol. The minimum atomic E-state index is 0.590. The monoisotopic (exact) mass is 263 g/mol. The van der Waals surface area contributed by atoms with Gasteiger partial charge >= 0.3 is 0 Å². The SMILES string of the molecule is S=c1[nH]nc(CSc2ccccc2)n1C1CC1. The fourth-order valence-corrected chi connectivity index (χ4v) is 2.96. The summed E-state index contributed by atoms with van der Waals surface area (Å²) in [5.41, 5.74) is 0. The Balaban J connectivity index is 1.75. The van der Waals surface area contributed by atoms with Crippen molar-refractivity contribution in [2.45, 2.75) is 29.5 Å². The van der Waals surface area contributed by atoms with Crippen molar-refractivity contribution in [2.75, 3.05) is 0 Å². The Morgan fingerprint density at radius 2 is 2.12 bits per heavy atom. The Hall–Kier alpha value is -1.07. The third-order valence-electron chi connectivity index (χ3n) is 2.80. The topological polar surface area (TPSA) is 33.6 Å². The fraction of sp³-hybridized carbons (Fsp3) is 0.333. The maximum Gasteiger partial charge on any atom is 0.195 e. The van der Waals surface area contributed by atoms with Crippen LogP contribution in [0.1, 0.15) is 24.7 Å². The standard InChI is InChI=1S/C12H13N3S2/c16-12-14-13-11(15(12)9-6-7-9)8-17-10-4-2-1-3-5-10/h1-5,9H,6-8H2,(H,14,16). The molecule has 0 unspecified atom stereocenters. The van der Waals surface area contributed by atoms with E-state index in [4.69, 9.17) is 12.2 Å². The highest BCUT2D eigenvalue weighted by molar-refractivity contribution is 7.98. The van der Waals surface area contributed by atoms with Gasteiger partial charge in [0.1, 0.15) is 5.82 Å². The van der Waals surface area contributed by atoms with Gasteiger partial charge in [-0.15, -0.1) is 11.8 Å². The van der Waals surface area contributed by atoms with E-state index >= 15 is 0 Å². The number of rotatable bonds is 4. The fourth-order valence-electron chi connectivity index (χ4n) is 1.81. The second-order valence-electron chi connectivity index (χ2n) is 4.15. The van der Waals surface area contributed by atoms with E-state index in [-0.39, 0.29) is 0 Å². The van der Waals surface area contributed by atoms with Gasteiger partial charge in [-0.2, -0.15) is 5.10 Å². The van der Waals surface area contributed by atoms with Crippen molar-refractivity contribution < 1.29 is 0 Å². The number of aromatic nitrogens is 3. The zero-order chi connectivity index (χ0) is 11.7. The van der Waals surface area contributed by atoms with Crippen molar-refractivity contribution in [2.24, 2.45) is 0 Å². The number of benzene rings is 1. The van der Waals surface area contributed by atoms with Crippen LogP contribution in [0.2, 0.25) is 0 Å². The summed E-state index contributed by atoms with van der Waals surface area (Å²) in [6.07, 6.45) is 2.47. The zero-order valence-corrected chi connectivity index (χ0v) is 10.9. The van der Waals surface area contributed by atoms with Crippen molar-refractivity contribution in [3.8, 4) is 0 Å². The number of hydrogen-bond acceptors (Lipinski definition) is 3. The van der Waals surface area contributed by atoms with Crippen LogP contribution in [0.4, 0.5) is 0 Å². The molecule has 0 amide bonds. The third kappa shape index (κ3) is 2.45. The number of H-pyrrole nitrogens is 1. The molecule has 1 aromatic carbocycles. The first-order valence-electron chi connectivity index (χ1n) is 5.68. The molecule has 0 radical (unpaired) electrons. The van der Waals surface area contributed by atoms with Crippen molar-refractivity contribution in [3.63, 3.8) is 0 Å². The predicted molar refractivity (Wildman–Crippen MR) is 71.7 cm³/mol. The van der Waals surface area contributed by atoms with Crippen molar-refractivity contribution >= 4 is 24.0 Å². The second-order valence-corrected chi connectivity index (χ2v) is 5.58. The lowest BCUT2D eigenvalue weighted by Gasteiger charge is -2.04. The minimum Gasteiger partial charge on any atom is -0.300 e. The molecule has 1 saturated carbocycles. The Morgan fingerprint density at radius 3 is 2.82 bits per heavy atom. The molecule has 0 saturated heterocycles. The summed E-state index contributed by atoms with van der Waals surface area (Å²) in [7, 11) is 0. The zero-order valence-electron chi connectivity index (χ0n) is 9.30. The van der Waals surface area contributed by atoms with E-state index in [0.29, 0.717) is 6.04 Å². The summed E-state index contributed by atoms with van der Waals surface area (Å²) in [5.74, 6) is 1.93. The second kappa shape index (κ2) is 4.66. The van der Waals surface area contributed by atoms with Gasteiger partial charge in [0.25, 0.3) is 0 Å². The van der Waals surface area contributed by atoms with E-state index in [1.165, 1.54) is 17.7 Å². The molecule has 1 aliphatic carbocycles. The van der Waals surface area contributed by atoms with E-state index in [2.05, 4.69) is 39.0 Å². The Bertz CT molecular complexity index is 555. The van der Waals surface area contributed by atoms with Gasteiger partial charge in [0.05, 0.1) is 5.75 Å². The quantitative estimate of drug-likeness (QED) is 0.676. The Labute approximate surface area is 109 Å². The number of thioether (sulfide) groups is 1. The molecule has 5 heteroatoms. The smallest absolute Gasteiger partial charge is 0.195 e.